The molecule has 0 saturated carbocycles. The second-order valence-corrected chi connectivity index (χ2v) is 5.10. The summed E-state index contributed by atoms with van der Waals surface area (Å²) in [5.74, 6) is 0. The molecule has 0 aliphatic heterocycles. The molecular formula is C15H19N3. The zero-order valence-electron chi connectivity index (χ0n) is 10.8. The minimum absolute atomic E-state index is 0.308. The molecule has 1 heterocycles. The van der Waals surface area contributed by atoms with Crippen molar-refractivity contribution in [1.82, 2.24) is 9.55 Å². The number of imidazole rings is 1. The van der Waals surface area contributed by atoms with Gasteiger partial charge in [0.2, 0.25) is 0 Å². The minimum Gasteiger partial charge on any atom is -0.399 e. The van der Waals surface area contributed by atoms with E-state index < -0.39 is 0 Å². The van der Waals surface area contributed by atoms with Gasteiger partial charge in [0, 0.05) is 11.4 Å². The summed E-state index contributed by atoms with van der Waals surface area (Å²) in [5.41, 5.74) is 10.6. The van der Waals surface area contributed by atoms with Crippen LogP contribution in [0.5, 0.6) is 0 Å². The average Bonchev–Trinajstić information content (AvgIpc) is 2.82. The fraction of sp³-hybridized carbons (Fsp3) is 0.400. The third-order valence-electron chi connectivity index (χ3n) is 3.87. The number of nitrogens with two attached hydrogens (primary N) is 1. The second kappa shape index (κ2) is 4.48. The monoisotopic (exact) mass is 241 g/mol. The van der Waals surface area contributed by atoms with E-state index in [0.29, 0.717) is 6.04 Å². The molecule has 94 valence electrons. The highest BCUT2D eigenvalue weighted by Crippen LogP contribution is 2.26. The Labute approximate surface area is 108 Å². The molecule has 0 fully saturated rings. The molecule has 1 aromatic heterocycles. The predicted molar refractivity (Wildman–Crippen MR) is 73.5 cm³/mol. The molecule has 0 amide bonds. The van der Waals surface area contributed by atoms with Gasteiger partial charge in [-0.1, -0.05) is 12.1 Å². The van der Waals surface area contributed by atoms with Crippen LogP contribution in [0, 0.1) is 0 Å². The number of hydrogen-bond acceptors (Lipinski definition) is 2. The normalized spacial score (nSPS) is 16.3. The molecular weight excluding hydrogens is 222 g/mol. The first-order valence-electron chi connectivity index (χ1n) is 6.65. The van der Waals surface area contributed by atoms with Crippen molar-refractivity contribution in [2.75, 3.05) is 5.73 Å². The summed E-state index contributed by atoms with van der Waals surface area (Å²) in [7, 11) is 0. The lowest BCUT2D eigenvalue weighted by atomic mass is 10.00. The van der Waals surface area contributed by atoms with Gasteiger partial charge in [-0.2, -0.15) is 0 Å². The number of fused-ring (bicyclic) bond motifs is 1. The Balaban J connectivity index is 1.97. The number of hydrogen-bond donors (Lipinski definition) is 1. The molecule has 1 aliphatic rings. The van der Waals surface area contributed by atoms with E-state index in [9.17, 15) is 0 Å². The van der Waals surface area contributed by atoms with Gasteiger partial charge in [-0.3, -0.25) is 0 Å². The maximum absolute atomic E-state index is 5.86. The molecule has 0 bridgehead atoms. The topological polar surface area (TPSA) is 43.8 Å². The van der Waals surface area contributed by atoms with Gasteiger partial charge in [-0.05, 0) is 50.3 Å². The number of rotatable bonds is 2. The van der Waals surface area contributed by atoms with Crippen LogP contribution in [0.2, 0.25) is 0 Å². The molecule has 0 radical (unpaired) electrons. The molecule has 18 heavy (non-hydrogen) atoms. The second-order valence-electron chi connectivity index (χ2n) is 5.10. The average molecular weight is 241 g/mol. The van der Waals surface area contributed by atoms with Crippen LogP contribution < -0.4 is 5.73 Å². The summed E-state index contributed by atoms with van der Waals surface area (Å²) < 4.78 is 2.31. The van der Waals surface area contributed by atoms with E-state index in [0.717, 1.165) is 18.5 Å². The lowest BCUT2D eigenvalue weighted by Crippen LogP contribution is -2.12. The van der Waals surface area contributed by atoms with E-state index in [4.69, 9.17) is 5.73 Å². The molecule has 1 atom stereocenters. The third kappa shape index (κ3) is 1.90. The summed E-state index contributed by atoms with van der Waals surface area (Å²) in [6.45, 7) is 2.21. The van der Waals surface area contributed by atoms with Crippen molar-refractivity contribution in [2.45, 2.75) is 38.6 Å². The van der Waals surface area contributed by atoms with E-state index in [1.165, 1.54) is 29.8 Å². The van der Waals surface area contributed by atoms with Crippen LogP contribution in [-0.2, 0) is 12.8 Å². The van der Waals surface area contributed by atoms with Crippen molar-refractivity contribution in [2.24, 2.45) is 0 Å². The van der Waals surface area contributed by atoms with E-state index in [1.54, 1.807) is 0 Å². The summed E-state index contributed by atoms with van der Waals surface area (Å²) in [5, 5.41) is 0. The zero-order chi connectivity index (χ0) is 12.5. The third-order valence-corrected chi connectivity index (χ3v) is 3.87. The molecule has 2 N–H and O–H groups in total. The maximum Gasteiger partial charge on any atom is 0.0957 e. The quantitative estimate of drug-likeness (QED) is 0.821. The Hall–Kier alpha value is -1.77. The Morgan fingerprint density at radius 3 is 2.94 bits per heavy atom. The van der Waals surface area contributed by atoms with Crippen molar-refractivity contribution in [3.05, 3.63) is 47.5 Å². The number of nitrogen functional groups attached to an aromatic ring is 1. The predicted octanol–water partition coefficient (Wildman–Crippen LogP) is 2.95. The van der Waals surface area contributed by atoms with Gasteiger partial charge in [0.05, 0.1) is 18.1 Å². The Morgan fingerprint density at radius 1 is 1.28 bits per heavy atom. The summed E-state index contributed by atoms with van der Waals surface area (Å²) >= 11 is 0. The van der Waals surface area contributed by atoms with E-state index >= 15 is 0 Å². The molecule has 0 spiro atoms. The van der Waals surface area contributed by atoms with Crippen molar-refractivity contribution >= 4 is 5.69 Å². The molecule has 3 heteroatoms. The van der Waals surface area contributed by atoms with Crippen LogP contribution in [-0.4, -0.2) is 9.55 Å². The van der Waals surface area contributed by atoms with Crippen molar-refractivity contribution in [3.63, 3.8) is 0 Å². The van der Waals surface area contributed by atoms with E-state index in [-0.39, 0.29) is 0 Å². The first kappa shape index (κ1) is 11.3. The molecule has 1 unspecified atom stereocenters. The number of anilines is 1. The fourth-order valence-electron chi connectivity index (χ4n) is 2.81. The van der Waals surface area contributed by atoms with Crippen LogP contribution in [0.3, 0.4) is 0 Å². The number of aryl methyl sites for hydroxylation is 1. The maximum atomic E-state index is 5.86. The number of benzene rings is 1. The zero-order valence-corrected chi connectivity index (χ0v) is 10.8. The summed E-state index contributed by atoms with van der Waals surface area (Å²) in [6.07, 6.45) is 6.83. The summed E-state index contributed by atoms with van der Waals surface area (Å²) in [6, 6.07) is 8.45. The molecule has 2 aromatic rings. The van der Waals surface area contributed by atoms with Gasteiger partial charge in [0.15, 0.2) is 0 Å². The highest BCUT2D eigenvalue weighted by atomic mass is 15.1. The van der Waals surface area contributed by atoms with E-state index in [2.05, 4.69) is 28.6 Å². The van der Waals surface area contributed by atoms with Gasteiger partial charge in [-0.15, -0.1) is 0 Å². The molecule has 1 aromatic carbocycles. The van der Waals surface area contributed by atoms with Crippen LogP contribution in [0.15, 0.2) is 30.6 Å². The Kier molecular flexibility index (Phi) is 2.82. The largest absolute Gasteiger partial charge is 0.399 e. The first-order valence-corrected chi connectivity index (χ1v) is 6.65. The van der Waals surface area contributed by atoms with Crippen LogP contribution >= 0.6 is 0 Å². The molecule has 1 aliphatic carbocycles. The van der Waals surface area contributed by atoms with Crippen LogP contribution in [0.25, 0.3) is 0 Å². The van der Waals surface area contributed by atoms with Gasteiger partial charge in [-0.25, -0.2) is 4.98 Å². The number of aromatic nitrogens is 2. The van der Waals surface area contributed by atoms with Crippen LogP contribution in [0.1, 0.15) is 42.8 Å². The van der Waals surface area contributed by atoms with Gasteiger partial charge in [0.1, 0.15) is 0 Å². The first-order chi connectivity index (χ1) is 8.75. The van der Waals surface area contributed by atoms with Gasteiger partial charge >= 0.3 is 0 Å². The lowest BCUT2D eigenvalue weighted by molar-refractivity contribution is 0.572. The van der Waals surface area contributed by atoms with Gasteiger partial charge in [0.25, 0.3) is 0 Å². The van der Waals surface area contributed by atoms with Crippen molar-refractivity contribution in [1.29, 1.82) is 0 Å². The molecule has 3 nitrogen and oxygen atoms in total. The smallest absolute Gasteiger partial charge is 0.0957 e. The number of nitrogens with zero attached hydrogens (tertiary/aromatic N) is 2. The van der Waals surface area contributed by atoms with Gasteiger partial charge < -0.3 is 10.3 Å². The standard InChI is InChI=1S/C15H19N3/c1-11(12-5-4-6-13(16)9-12)18-10-17-14-7-2-3-8-15(14)18/h4-6,9-11H,2-3,7-8,16H2,1H3. The SMILES string of the molecule is CC(c1cccc(N)c1)n1cnc2c1CCCC2. The Morgan fingerprint density at radius 2 is 2.11 bits per heavy atom. The molecule has 3 rings (SSSR count). The highest BCUT2D eigenvalue weighted by molar-refractivity contribution is 5.42. The van der Waals surface area contributed by atoms with Crippen molar-refractivity contribution < 1.29 is 0 Å². The fourth-order valence-corrected chi connectivity index (χ4v) is 2.81. The minimum atomic E-state index is 0.308. The summed E-state index contributed by atoms with van der Waals surface area (Å²) in [4.78, 5) is 4.56. The Bertz CT molecular complexity index is 557. The van der Waals surface area contributed by atoms with Crippen LogP contribution in [0.4, 0.5) is 5.69 Å². The lowest BCUT2D eigenvalue weighted by Gasteiger charge is -2.20. The van der Waals surface area contributed by atoms with E-state index in [1.807, 2.05) is 18.5 Å². The molecule has 0 saturated heterocycles. The van der Waals surface area contributed by atoms with Crippen molar-refractivity contribution in [3.8, 4) is 0 Å². The highest BCUT2D eigenvalue weighted by Gasteiger charge is 2.18.